The van der Waals surface area contributed by atoms with Crippen molar-refractivity contribution in [1.29, 1.82) is 0 Å². The molecule has 0 spiro atoms. The van der Waals surface area contributed by atoms with Gasteiger partial charge in [-0.15, -0.1) is 0 Å². The van der Waals surface area contributed by atoms with Crippen molar-refractivity contribution in [1.82, 2.24) is 15.1 Å². The molecule has 2 N–H and O–H groups in total. The van der Waals surface area contributed by atoms with Crippen LogP contribution in [0.25, 0.3) is 5.69 Å². The third-order valence-electron chi connectivity index (χ3n) is 5.65. The summed E-state index contributed by atoms with van der Waals surface area (Å²) in [6, 6.07) is 4.77. The first-order valence-electron chi connectivity index (χ1n) is 8.92. The SMILES string of the molecule is Cc1cnn(-c2ccc(NC(=O)[C@@]34CCCC[C@H]3CNC4)cc2F)c1. The number of halogens is 1. The van der Waals surface area contributed by atoms with E-state index < -0.39 is 5.82 Å². The molecule has 1 aromatic carbocycles. The van der Waals surface area contributed by atoms with Gasteiger partial charge in [0.25, 0.3) is 0 Å². The standard InChI is InChI=1S/C19H23FN4O/c1-13-9-22-24(11-13)17-6-5-15(8-16(17)20)23-18(25)19-7-3-2-4-14(19)10-21-12-19/h5-6,8-9,11,14,21H,2-4,7,10,12H2,1H3,(H,23,25)/t14-,19+/m0/s1. The summed E-state index contributed by atoms with van der Waals surface area (Å²) in [5, 5.41) is 10.5. The number of amides is 1. The molecule has 132 valence electrons. The number of benzene rings is 1. The van der Waals surface area contributed by atoms with Gasteiger partial charge in [0.2, 0.25) is 5.91 Å². The molecule has 1 saturated heterocycles. The van der Waals surface area contributed by atoms with Gasteiger partial charge in [-0.1, -0.05) is 12.8 Å². The number of nitrogens with zero attached hydrogens (tertiary/aromatic N) is 2. The number of anilines is 1. The molecule has 5 nitrogen and oxygen atoms in total. The third-order valence-corrected chi connectivity index (χ3v) is 5.65. The van der Waals surface area contributed by atoms with Gasteiger partial charge >= 0.3 is 0 Å². The fourth-order valence-electron chi connectivity index (χ4n) is 4.26. The molecule has 6 heteroatoms. The highest BCUT2D eigenvalue weighted by Gasteiger charge is 2.49. The van der Waals surface area contributed by atoms with Gasteiger partial charge < -0.3 is 10.6 Å². The molecule has 1 aromatic heterocycles. The number of hydrogen-bond donors (Lipinski definition) is 2. The third kappa shape index (κ3) is 2.84. The molecule has 2 aliphatic rings. The first kappa shape index (κ1) is 16.3. The second-order valence-corrected chi connectivity index (χ2v) is 7.31. The number of carbonyl (C=O) groups excluding carboxylic acids is 1. The molecule has 2 heterocycles. The lowest BCUT2D eigenvalue weighted by molar-refractivity contribution is -0.128. The molecular formula is C19H23FN4O. The van der Waals surface area contributed by atoms with Crippen molar-refractivity contribution in [2.45, 2.75) is 32.6 Å². The average molecular weight is 342 g/mol. The first-order chi connectivity index (χ1) is 12.1. The Morgan fingerprint density at radius 3 is 3.08 bits per heavy atom. The Balaban J connectivity index is 1.55. The van der Waals surface area contributed by atoms with Crippen LogP contribution in [0.1, 0.15) is 31.2 Å². The topological polar surface area (TPSA) is 59.0 Å². The Kier molecular flexibility index (Phi) is 4.07. The van der Waals surface area contributed by atoms with Crippen molar-refractivity contribution >= 4 is 11.6 Å². The van der Waals surface area contributed by atoms with E-state index in [2.05, 4.69) is 15.7 Å². The minimum Gasteiger partial charge on any atom is -0.325 e. The van der Waals surface area contributed by atoms with Crippen LogP contribution in [0.15, 0.2) is 30.6 Å². The number of aromatic nitrogens is 2. The zero-order chi connectivity index (χ0) is 17.4. The van der Waals surface area contributed by atoms with E-state index in [1.807, 2.05) is 6.92 Å². The van der Waals surface area contributed by atoms with Crippen molar-refractivity contribution in [3.8, 4) is 5.69 Å². The van der Waals surface area contributed by atoms with E-state index in [1.165, 1.54) is 17.2 Å². The summed E-state index contributed by atoms with van der Waals surface area (Å²) in [6.07, 6.45) is 7.72. The van der Waals surface area contributed by atoms with E-state index >= 15 is 0 Å². The highest BCUT2D eigenvalue weighted by atomic mass is 19.1. The summed E-state index contributed by atoms with van der Waals surface area (Å²) < 4.78 is 16.0. The number of rotatable bonds is 3. The monoisotopic (exact) mass is 342 g/mol. The number of hydrogen-bond acceptors (Lipinski definition) is 3. The molecule has 25 heavy (non-hydrogen) atoms. The van der Waals surface area contributed by atoms with Gasteiger partial charge in [-0.2, -0.15) is 5.10 Å². The van der Waals surface area contributed by atoms with Crippen molar-refractivity contribution < 1.29 is 9.18 Å². The molecule has 2 aromatic rings. The summed E-state index contributed by atoms with van der Waals surface area (Å²) in [4.78, 5) is 12.9. The van der Waals surface area contributed by atoms with Gasteiger partial charge in [-0.3, -0.25) is 4.79 Å². The summed E-state index contributed by atoms with van der Waals surface area (Å²) in [6.45, 7) is 3.53. The predicted octanol–water partition coefficient (Wildman–Crippen LogP) is 3.04. The second-order valence-electron chi connectivity index (χ2n) is 7.31. The Morgan fingerprint density at radius 1 is 1.44 bits per heavy atom. The fourth-order valence-corrected chi connectivity index (χ4v) is 4.26. The lowest BCUT2D eigenvalue weighted by Gasteiger charge is -2.37. The molecule has 0 unspecified atom stereocenters. The largest absolute Gasteiger partial charge is 0.325 e. The molecule has 1 aliphatic carbocycles. The van der Waals surface area contributed by atoms with Gasteiger partial charge in [-0.25, -0.2) is 9.07 Å². The number of aryl methyl sites for hydroxylation is 1. The van der Waals surface area contributed by atoms with E-state index in [4.69, 9.17) is 0 Å². The molecule has 0 radical (unpaired) electrons. The average Bonchev–Trinajstić information content (AvgIpc) is 3.22. The molecule has 1 aliphatic heterocycles. The summed E-state index contributed by atoms with van der Waals surface area (Å²) in [7, 11) is 0. The van der Waals surface area contributed by atoms with E-state index in [9.17, 15) is 9.18 Å². The minimum atomic E-state index is -0.400. The molecule has 1 saturated carbocycles. The van der Waals surface area contributed by atoms with Gasteiger partial charge in [0.15, 0.2) is 5.82 Å². The van der Waals surface area contributed by atoms with E-state index in [0.29, 0.717) is 17.3 Å². The van der Waals surface area contributed by atoms with E-state index in [-0.39, 0.29) is 11.3 Å². The van der Waals surface area contributed by atoms with Crippen molar-refractivity contribution in [2.24, 2.45) is 11.3 Å². The second kappa shape index (κ2) is 6.26. The van der Waals surface area contributed by atoms with Crippen LogP contribution < -0.4 is 10.6 Å². The van der Waals surface area contributed by atoms with Crippen LogP contribution in [0.3, 0.4) is 0 Å². The van der Waals surface area contributed by atoms with Crippen LogP contribution in [0.5, 0.6) is 0 Å². The zero-order valence-electron chi connectivity index (χ0n) is 14.4. The van der Waals surface area contributed by atoms with Crippen molar-refractivity contribution in [2.75, 3.05) is 18.4 Å². The molecule has 1 amide bonds. The highest BCUT2D eigenvalue weighted by molar-refractivity contribution is 5.96. The Hall–Kier alpha value is -2.21. The maximum atomic E-state index is 14.5. The van der Waals surface area contributed by atoms with Crippen LogP contribution in [0.4, 0.5) is 10.1 Å². The lowest BCUT2D eigenvalue weighted by Crippen LogP contribution is -2.44. The van der Waals surface area contributed by atoms with Gasteiger partial charge in [-0.05, 0) is 56.0 Å². The molecule has 0 bridgehead atoms. The van der Waals surface area contributed by atoms with Gasteiger partial charge in [0.1, 0.15) is 5.69 Å². The maximum Gasteiger partial charge on any atom is 0.232 e. The molecule has 2 fully saturated rings. The number of nitrogens with one attached hydrogen (secondary N) is 2. The van der Waals surface area contributed by atoms with Crippen LogP contribution in [-0.2, 0) is 4.79 Å². The van der Waals surface area contributed by atoms with Gasteiger partial charge in [0, 0.05) is 18.4 Å². The Bertz CT molecular complexity index is 802. The van der Waals surface area contributed by atoms with Gasteiger partial charge in [0.05, 0.1) is 11.6 Å². The minimum absolute atomic E-state index is 0.0179. The van der Waals surface area contributed by atoms with Crippen molar-refractivity contribution in [3.63, 3.8) is 0 Å². The maximum absolute atomic E-state index is 14.5. The summed E-state index contributed by atoms with van der Waals surface area (Å²) in [5.74, 6) is 0.00449. The number of carbonyl (C=O) groups is 1. The summed E-state index contributed by atoms with van der Waals surface area (Å²) >= 11 is 0. The Labute approximate surface area is 146 Å². The van der Waals surface area contributed by atoms with Crippen molar-refractivity contribution in [3.05, 3.63) is 42.0 Å². The normalized spacial score (nSPS) is 25.6. The lowest BCUT2D eigenvalue weighted by atomic mass is 9.67. The van der Waals surface area contributed by atoms with Crippen LogP contribution >= 0.6 is 0 Å². The quantitative estimate of drug-likeness (QED) is 0.901. The van der Waals surface area contributed by atoms with Crippen LogP contribution in [0.2, 0.25) is 0 Å². The van der Waals surface area contributed by atoms with Crippen LogP contribution in [0, 0.1) is 24.1 Å². The fraction of sp³-hybridized carbons (Fsp3) is 0.474. The first-order valence-corrected chi connectivity index (χ1v) is 8.92. The summed E-state index contributed by atoms with van der Waals surface area (Å²) in [5.41, 5.74) is 1.50. The zero-order valence-corrected chi connectivity index (χ0v) is 14.4. The smallest absolute Gasteiger partial charge is 0.232 e. The van der Waals surface area contributed by atoms with E-state index in [1.54, 1.807) is 24.5 Å². The van der Waals surface area contributed by atoms with E-state index in [0.717, 1.165) is 37.9 Å². The molecule has 2 atom stereocenters. The number of fused-ring (bicyclic) bond motifs is 1. The molecular weight excluding hydrogens is 319 g/mol. The molecule has 4 rings (SSSR count). The van der Waals surface area contributed by atoms with Crippen LogP contribution in [-0.4, -0.2) is 28.8 Å². The highest BCUT2D eigenvalue weighted by Crippen LogP contribution is 2.44. The Morgan fingerprint density at radius 2 is 2.32 bits per heavy atom. The predicted molar refractivity (Wildman–Crippen MR) is 94.1 cm³/mol.